The predicted molar refractivity (Wildman–Crippen MR) is 86.1 cm³/mol. The minimum Gasteiger partial charge on any atom is -0.319 e. The number of anilines is 1. The molecule has 3 rings (SSSR count). The van der Waals surface area contributed by atoms with Crippen LogP contribution in [-0.2, 0) is 12.2 Å². The predicted octanol–water partition coefficient (Wildman–Crippen LogP) is 4.15. The lowest BCUT2D eigenvalue weighted by Crippen LogP contribution is -2.11. The molecular formula is C14H13ClN2OS2. The third-order valence-electron chi connectivity index (χ3n) is 3.08. The van der Waals surface area contributed by atoms with Crippen LogP contribution < -0.4 is 5.32 Å². The number of amides is 1. The number of halogens is 1. The van der Waals surface area contributed by atoms with Crippen molar-refractivity contribution in [3.63, 3.8) is 0 Å². The average molecular weight is 325 g/mol. The lowest BCUT2D eigenvalue weighted by atomic mass is 10.2. The second-order valence-electron chi connectivity index (χ2n) is 4.67. The molecule has 3 heterocycles. The van der Waals surface area contributed by atoms with Gasteiger partial charge >= 0.3 is 0 Å². The maximum Gasteiger partial charge on any atom is 0.265 e. The first-order valence-electron chi connectivity index (χ1n) is 6.26. The van der Waals surface area contributed by atoms with Gasteiger partial charge in [0.1, 0.15) is 0 Å². The van der Waals surface area contributed by atoms with Crippen LogP contribution in [0.5, 0.6) is 0 Å². The van der Waals surface area contributed by atoms with Crippen molar-refractivity contribution in [2.24, 2.45) is 0 Å². The van der Waals surface area contributed by atoms with Crippen LogP contribution in [0.4, 0.5) is 5.69 Å². The van der Waals surface area contributed by atoms with Gasteiger partial charge in [0.25, 0.3) is 5.91 Å². The Bertz CT molecular complexity index is 646. The number of carbonyl (C=O) groups excluding carboxylic acids is 1. The summed E-state index contributed by atoms with van der Waals surface area (Å²) in [5, 5.41) is 3.17. The Hall–Kier alpha value is -1.04. The first kappa shape index (κ1) is 13.9. The summed E-state index contributed by atoms with van der Waals surface area (Å²) in [6.45, 7) is 1.92. The highest BCUT2D eigenvalue weighted by Gasteiger charge is 2.18. The number of aryl methyl sites for hydroxylation is 2. The molecule has 0 fully saturated rings. The van der Waals surface area contributed by atoms with Gasteiger partial charge in [-0.15, -0.1) is 11.3 Å². The van der Waals surface area contributed by atoms with Crippen molar-refractivity contribution in [3.8, 4) is 0 Å². The van der Waals surface area contributed by atoms with Crippen LogP contribution in [0.2, 0.25) is 5.15 Å². The molecule has 0 saturated carbocycles. The number of rotatable bonds is 2. The quantitative estimate of drug-likeness (QED) is 0.844. The highest BCUT2D eigenvalue weighted by molar-refractivity contribution is 7.98. The van der Waals surface area contributed by atoms with Gasteiger partial charge in [-0.25, -0.2) is 4.98 Å². The smallest absolute Gasteiger partial charge is 0.265 e. The maximum atomic E-state index is 12.3. The maximum absolute atomic E-state index is 12.3. The molecule has 3 nitrogen and oxygen atoms in total. The molecule has 1 amide bonds. The number of fused-ring (bicyclic) bond motifs is 1. The Balaban J connectivity index is 1.82. The van der Waals surface area contributed by atoms with Gasteiger partial charge < -0.3 is 5.32 Å². The Labute approximate surface area is 130 Å². The van der Waals surface area contributed by atoms with Gasteiger partial charge in [0.05, 0.1) is 10.6 Å². The number of pyridine rings is 1. The first-order valence-corrected chi connectivity index (χ1v) is 8.61. The van der Waals surface area contributed by atoms with E-state index in [4.69, 9.17) is 11.6 Å². The molecule has 104 valence electrons. The molecule has 0 aromatic carbocycles. The second kappa shape index (κ2) is 5.76. The fraction of sp³-hybridized carbons (Fsp3) is 0.286. The normalized spacial score (nSPS) is 13.9. The van der Waals surface area contributed by atoms with Gasteiger partial charge in [0.2, 0.25) is 0 Å². The summed E-state index contributed by atoms with van der Waals surface area (Å²) in [7, 11) is 0. The molecule has 1 N–H and O–H groups in total. The van der Waals surface area contributed by atoms with Gasteiger partial charge in [-0.05, 0) is 42.4 Å². The van der Waals surface area contributed by atoms with Crippen molar-refractivity contribution >= 4 is 46.3 Å². The van der Waals surface area contributed by atoms with E-state index in [9.17, 15) is 4.79 Å². The van der Waals surface area contributed by atoms with E-state index in [0.717, 1.165) is 28.4 Å². The van der Waals surface area contributed by atoms with Crippen LogP contribution in [0.3, 0.4) is 0 Å². The van der Waals surface area contributed by atoms with Crippen LogP contribution in [-0.4, -0.2) is 16.6 Å². The number of hydrogen-bond acceptors (Lipinski definition) is 4. The fourth-order valence-corrected chi connectivity index (χ4v) is 4.50. The summed E-state index contributed by atoms with van der Waals surface area (Å²) in [4.78, 5) is 18.4. The minimum atomic E-state index is -0.108. The molecule has 2 aromatic heterocycles. The van der Waals surface area contributed by atoms with Gasteiger partial charge in [0, 0.05) is 16.8 Å². The molecule has 0 atom stereocenters. The molecule has 0 spiro atoms. The number of nitrogens with one attached hydrogen (secondary N) is 1. The number of thioether (sulfide) groups is 1. The van der Waals surface area contributed by atoms with E-state index in [-0.39, 0.29) is 5.91 Å². The molecule has 0 saturated heterocycles. The summed E-state index contributed by atoms with van der Waals surface area (Å²) in [6.07, 6.45) is 2.74. The van der Waals surface area contributed by atoms with Gasteiger partial charge in [-0.2, -0.15) is 11.8 Å². The van der Waals surface area contributed by atoms with Crippen LogP contribution in [0.15, 0.2) is 18.3 Å². The number of nitrogens with zero attached hydrogens (tertiary/aromatic N) is 1. The molecule has 0 bridgehead atoms. The lowest BCUT2D eigenvalue weighted by molar-refractivity contribution is 0.103. The van der Waals surface area contributed by atoms with E-state index in [1.807, 2.05) is 30.8 Å². The van der Waals surface area contributed by atoms with Crippen molar-refractivity contribution in [2.75, 3.05) is 11.1 Å². The van der Waals surface area contributed by atoms with Gasteiger partial charge in [0.15, 0.2) is 5.15 Å². The van der Waals surface area contributed by atoms with E-state index in [1.165, 1.54) is 10.4 Å². The summed E-state index contributed by atoms with van der Waals surface area (Å²) in [6, 6.07) is 3.83. The Morgan fingerprint density at radius 1 is 1.45 bits per heavy atom. The molecule has 1 aliphatic rings. The van der Waals surface area contributed by atoms with Crippen molar-refractivity contribution < 1.29 is 4.79 Å². The molecule has 0 aliphatic carbocycles. The van der Waals surface area contributed by atoms with E-state index >= 15 is 0 Å². The third-order valence-corrected chi connectivity index (χ3v) is 5.62. The first-order chi connectivity index (χ1) is 9.63. The molecule has 6 heteroatoms. The molecule has 1 aliphatic heterocycles. The van der Waals surface area contributed by atoms with Crippen molar-refractivity contribution in [2.45, 2.75) is 19.1 Å². The number of aromatic nitrogens is 1. The SMILES string of the molecule is Cc1cnc(Cl)c(NC(=O)c2cc3c(s2)CCSC3)c1. The summed E-state index contributed by atoms with van der Waals surface area (Å²) in [5.41, 5.74) is 2.83. The van der Waals surface area contributed by atoms with Crippen LogP contribution >= 0.6 is 34.7 Å². The topological polar surface area (TPSA) is 42.0 Å². The fourth-order valence-electron chi connectivity index (χ4n) is 2.08. The monoisotopic (exact) mass is 324 g/mol. The molecular weight excluding hydrogens is 312 g/mol. The van der Waals surface area contributed by atoms with E-state index in [0.29, 0.717) is 10.8 Å². The average Bonchev–Trinajstić information content (AvgIpc) is 2.87. The second-order valence-corrected chi connectivity index (χ2v) is 7.27. The lowest BCUT2D eigenvalue weighted by Gasteiger charge is -2.08. The zero-order chi connectivity index (χ0) is 14.1. The van der Waals surface area contributed by atoms with E-state index in [2.05, 4.69) is 10.3 Å². The largest absolute Gasteiger partial charge is 0.319 e. The Morgan fingerprint density at radius 2 is 2.30 bits per heavy atom. The summed E-state index contributed by atoms with van der Waals surface area (Å²) < 4.78 is 0. The molecule has 0 radical (unpaired) electrons. The van der Waals surface area contributed by atoms with Gasteiger partial charge in [-0.3, -0.25) is 4.79 Å². The minimum absolute atomic E-state index is 0.108. The van der Waals surface area contributed by atoms with E-state index < -0.39 is 0 Å². The van der Waals surface area contributed by atoms with Gasteiger partial charge in [-0.1, -0.05) is 11.6 Å². The Kier molecular flexibility index (Phi) is 4.01. The standard InChI is InChI=1S/C14H13ClN2OS2/c1-8-4-10(13(15)16-6-8)17-14(18)12-5-9-7-19-3-2-11(9)20-12/h4-6H,2-3,7H2,1H3,(H,17,18). The third kappa shape index (κ3) is 2.85. The highest BCUT2D eigenvalue weighted by Crippen LogP contribution is 2.32. The van der Waals surface area contributed by atoms with Crippen LogP contribution in [0, 0.1) is 6.92 Å². The summed E-state index contributed by atoms with van der Waals surface area (Å²) >= 11 is 9.50. The zero-order valence-electron chi connectivity index (χ0n) is 10.9. The highest BCUT2D eigenvalue weighted by atomic mass is 35.5. The number of hydrogen-bond donors (Lipinski definition) is 1. The summed E-state index contributed by atoms with van der Waals surface area (Å²) in [5.74, 6) is 2.04. The molecule has 0 unspecified atom stereocenters. The van der Waals surface area contributed by atoms with Crippen molar-refractivity contribution in [1.29, 1.82) is 0 Å². The van der Waals surface area contributed by atoms with Crippen LogP contribution in [0.25, 0.3) is 0 Å². The molecule has 2 aromatic rings. The zero-order valence-corrected chi connectivity index (χ0v) is 13.3. The van der Waals surface area contributed by atoms with Crippen molar-refractivity contribution in [3.05, 3.63) is 44.4 Å². The Morgan fingerprint density at radius 3 is 3.10 bits per heavy atom. The number of carbonyl (C=O) groups is 1. The van der Waals surface area contributed by atoms with Crippen molar-refractivity contribution in [1.82, 2.24) is 4.98 Å². The number of thiophene rings is 1. The molecule has 20 heavy (non-hydrogen) atoms. The van der Waals surface area contributed by atoms with Crippen LogP contribution in [0.1, 0.15) is 25.7 Å². The van der Waals surface area contributed by atoms with E-state index in [1.54, 1.807) is 17.5 Å².